The summed E-state index contributed by atoms with van der Waals surface area (Å²) >= 11 is 11.2. The maximum absolute atomic E-state index is 12.6. The average Bonchev–Trinajstić information content (AvgIpc) is 2.47. The van der Waals surface area contributed by atoms with Gasteiger partial charge in [-0.15, -0.1) is 0 Å². The van der Waals surface area contributed by atoms with Gasteiger partial charge in [0.05, 0.1) is 10.7 Å². The van der Waals surface area contributed by atoms with E-state index in [9.17, 15) is 9.18 Å². The third-order valence-electron chi connectivity index (χ3n) is 2.76. The van der Waals surface area contributed by atoms with Crippen LogP contribution in [0.25, 0.3) is 0 Å². The molecular weight excluding hydrogens is 314 g/mol. The van der Waals surface area contributed by atoms with Crippen LogP contribution in [0.1, 0.15) is 5.56 Å². The Labute approximate surface area is 132 Å². The molecule has 6 heteroatoms. The second kappa shape index (κ2) is 7.29. The third kappa shape index (κ3) is 4.62. The number of hydrogen-bond acceptors (Lipinski definition) is 2. The highest BCUT2D eigenvalue weighted by Crippen LogP contribution is 2.26. The van der Waals surface area contributed by atoms with Crippen molar-refractivity contribution >= 4 is 40.5 Å². The summed E-state index contributed by atoms with van der Waals surface area (Å²) in [6, 6.07) is 14.7. The molecular formula is C15H13Cl2FN2O. The lowest BCUT2D eigenvalue weighted by atomic mass is 10.2. The highest BCUT2D eigenvalue weighted by Gasteiger charge is 2.13. The summed E-state index contributed by atoms with van der Waals surface area (Å²) in [4.78, 5) is 11.1. The van der Waals surface area contributed by atoms with Gasteiger partial charge < -0.3 is 10.6 Å². The van der Waals surface area contributed by atoms with Crippen molar-refractivity contribution in [2.75, 3.05) is 10.6 Å². The summed E-state index contributed by atoms with van der Waals surface area (Å²) in [6.45, 7) is 0.625. The summed E-state index contributed by atoms with van der Waals surface area (Å²) in [5, 5.41) is 5.94. The van der Waals surface area contributed by atoms with Crippen LogP contribution in [-0.4, -0.2) is 11.5 Å². The molecule has 0 aliphatic carbocycles. The molecule has 2 aromatic carbocycles. The first kappa shape index (κ1) is 15.6. The van der Waals surface area contributed by atoms with Gasteiger partial charge >= 0.3 is 0 Å². The largest absolute Gasteiger partial charge is 0.380 e. The third-order valence-corrected chi connectivity index (χ3v) is 3.27. The van der Waals surface area contributed by atoms with Crippen LogP contribution in [-0.2, 0) is 11.3 Å². The Kier molecular flexibility index (Phi) is 5.42. The molecule has 21 heavy (non-hydrogen) atoms. The van der Waals surface area contributed by atoms with Crippen molar-refractivity contribution in [2.24, 2.45) is 0 Å². The molecule has 0 fully saturated rings. The maximum Gasteiger partial charge on any atom is 0.274 e. The monoisotopic (exact) mass is 326 g/mol. The number of halogens is 3. The molecule has 0 radical (unpaired) electrons. The maximum atomic E-state index is 12.6. The molecule has 0 heterocycles. The summed E-state index contributed by atoms with van der Waals surface area (Å²) in [5.74, 6) is -0.919. The van der Waals surface area contributed by atoms with E-state index in [0.717, 1.165) is 11.3 Å². The molecule has 0 saturated heterocycles. The molecule has 1 atom stereocenters. The van der Waals surface area contributed by atoms with Gasteiger partial charge in [0.15, 0.2) is 0 Å². The van der Waals surface area contributed by atoms with Gasteiger partial charge in [0.25, 0.3) is 11.5 Å². The second-order valence-electron chi connectivity index (χ2n) is 4.32. The lowest BCUT2D eigenvalue weighted by Gasteiger charge is -2.11. The Balaban J connectivity index is 2.01. The first-order valence-electron chi connectivity index (χ1n) is 6.22. The molecule has 1 amide bonds. The van der Waals surface area contributed by atoms with Crippen LogP contribution in [0.5, 0.6) is 0 Å². The van der Waals surface area contributed by atoms with Crippen molar-refractivity contribution in [3.8, 4) is 0 Å². The van der Waals surface area contributed by atoms with E-state index >= 15 is 0 Å². The predicted molar refractivity (Wildman–Crippen MR) is 84.6 cm³/mol. The number of nitrogens with one attached hydrogen (secondary N) is 2. The number of alkyl halides is 2. The van der Waals surface area contributed by atoms with Gasteiger partial charge in [-0.05, 0) is 23.8 Å². The molecule has 3 nitrogen and oxygen atoms in total. The fourth-order valence-corrected chi connectivity index (χ4v) is 2.03. The van der Waals surface area contributed by atoms with Gasteiger partial charge in [-0.3, -0.25) is 4.79 Å². The van der Waals surface area contributed by atoms with Crippen molar-refractivity contribution in [2.45, 2.75) is 12.2 Å². The molecule has 1 unspecified atom stereocenters. The van der Waals surface area contributed by atoms with Gasteiger partial charge in [-0.1, -0.05) is 53.5 Å². The Hall–Kier alpha value is -1.78. The smallest absolute Gasteiger partial charge is 0.274 e. The molecule has 0 aromatic heterocycles. The van der Waals surface area contributed by atoms with Gasteiger partial charge in [0, 0.05) is 12.2 Å². The fraction of sp³-hybridized carbons (Fsp3) is 0.133. The number of carbonyl (C=O) groups excluding carboxylic acids is 1. The van der Waals surface area contributed by atoms with Crippen molar-refractivity contribution in [1.29, 1.82) is 0 Å². The molecule has 2 aromatic rings. The number of carbonyl (C=O) groups is 1. The Bertz CT molecular complexity index is 620. The van der Waals surface area contributed by atoms with Crippen LogP contribution in [0, 0.1) is 0 Å². The number of anilines is 2. The average molecular weight is 327 g/mol. The standard InChI is InChI=1S/C15H13Cl2FN2O/c16-12-8-11(20-15(21)14(17)18)6-7-13(12)19-9-10-4-2-1-3-5-10/h1-8,14,19H,9H2,(H,20,21). The van der Waals surface area contributed by atoms with E-state index in [1.54, 1.807) is 12.1 Å². The zero-order valence-electron chi connectivity index (χ0n) is 10.9. The quantitative estimate of drug-likeness (QED) is 0.798. The Morgan fingerprint density at radius 1 is 1.19 bits per heavy atom. The summed E-state index contributed by atoms with van der Waals surface area (Å²) in [6.07, 6.45) is 0. The molecule has 0 saturated carbocycles. The predicted octanol–water partition coefficient (Wildman–Crippen LogP) is 4.43. The van der Waals surface area contributed by atoms with E-state index < -0.39 is 11.5 Å². The van der Waals surface area contributed by atoms with E-state index in [1.807, 2.05) is 30.3 Å². The highest BCUT2D eigenvalue weighted by molar-refractivity contribution is 6.34. The number of benzene rings is 2. The van der Waals surface area contributed by atoms with Gasteiger partial charge in [0.1, 0.15) is 0 Å². The molecule has 110 valence electrons. The van der Waals surface area contributed by atoms with Crippen LogP contribution >= 0.6 is 23.2 Å². The summed E-state index contributed by atoms with van der Waals surface area (Å²) < 4.78 is 12.6. The Morgan fingerprint density at radius 3 is 2.52 bits per heavy atom. The molecule has 0 aliphatic heterocycles. The second-order valence-corrected chi connectivity index (χ2v) is 5.11. The number of hydrogen-bond donors (Lipinski definition) is 2. The molecule has 0 bridgehead atoms. The first-order valence-corrected chi connectivity index (χ1v) is 7.04. The highest BCUT2D eigenvalue weighted by atomic mass is 35.5. The van der Waals surface area contributed by atoms with Gasteiger partial charge in [0.2, 0.25) is 0 Å². The normalized spacial score (nSPS) is 11.8. The summed E-state index contributed by atoms with van der Waals surface area (Å²) in [5.41, 5.74) is 0.146. The molecule has 2 rings (SSSR count). The zero-order valence-corrected chi connectivity index (χ0v) is 12.5. The van der Waals surface area contributed by atoms with Crippen LogP contribution in [0.3, 0.4) is 0 Å². The van der Waals surface area contributed by atoms with Crippen molar-refractivity contribution < 1.29 is 9.18 Å². The minimum Gasteiger partial charge on any atom is -0.380 e. The fourth-order valence-electron chi connectivity index (χ4n) is 1.73. The molecule has 0 spiro atoms. The number of amides is 1. The summed E-state index contributed by atoms with van der Waals surface area (Å²) in [7, 11) is 0. The van der Waals surface area contributed by atoms with Gasteiger partial charge in [-0.2, -0.15) is 0 Å². The molecule has 0 aliphatic rings. The number of rotatable bonds is 5. The lowest BCUT2D eigenvalue weighted by molar-refractivity contribution is -0.118. The van der Waals surface area contributed by atoms with Gasteiger partial charge in [-0.25, -0.2) is 4.39 Å². The van der Waals surface area contributed by atoms with Crippen LogP contribution < -0.4 is 10.6 Å². The van der Waals surface area contributed by atoms with E-state index in [1.165, 1.54) is 6.07 Å². The minimum atomic E-state index is -2.08. The first-order chi connectivity index (χ1) is 10.1. The minimum absolute atomic E-state index is 0.388. The van der Waals surface area contributed by atoms with E-state index in [2.05, 4.69) is 10.6 Å². The van der Waals surface area contributed by atoms with Crippen molar-refractivity contribution in [3.05, 3.63) is 59.1 Å². The molecule has 2 N–H and O–H groups in total. The lowest BCUT2D eigenvalue weighted by Crippen LogP contribution is -2.19. The van der Waals surface area contributed by atoms with E-state index in [-0.39, 0.29) is 0 Å². The van der Waals surface area contributed by atoms with Crippen LogP contribution in [0.4, 0.5) is 15.8 Å². The van der Waals surface area contributed by atoms with E-state index in [4.69, 9.17) is 23.2 Å². The van der Waals surface area contributed by atoms with Crippen molar-refractivity contribution in [3.63, 3.8) is 0 Å². The van der Waals surface area contributed by atoms with Crippen molar-refractivity contribution in [1.82, 2.24) is 0 Å². The topological polar surface area (TPSA) is 41.1 Å². The zero-order chi connectivity index (χ0) is 15.2. The Morgan fingerprint density at radius 2 is 1.90 bits per heavy atom. The van der Waals surface area contributed by atoms with E-state index in [0.29, 0.717) is 17.3 Å². The SMILES string of the molecule is O=C(Nc1ccc(NCc2ccccc2)c(Cl)c1)C(F)Cl. The van der Waals surface area contributed by atoms with Crippen LogP contribution in [0.2, 0.25) is 5.02 Å². The van der Waals surface area contributed by atoms with Crippen LogP contribution in [0.15, 0.2) is 48.5 Å².